The Morgan fingerprint density at radius 1 is 1.38 bits per heavy atom. The molecule has 5 nitrogen and oxygen atoms in total. The van der Waals surface area contributed by atoms with Crippen molar-refractivity contribution in [3.8, 4) is 11.5 Å². The number of nitrogens with one attached hydrogen (secondary N) is 1. The summed E-state index contributed by atoms with van der Waals surface area (Å²) in [5.41, 5.74) is 2.41. The molecule has 1 amide bonds. The second-order valence-corrected chi connectivity index (χ2v) is 7.12. The predicted octanol–water partition coefficient (Wildman–Crippen LogP) is 3.02. The number of ether oxygens (including phenoxy) is 2. The van der Waals surface area contributed by atoms with Gasteiger partial charge < -0.3 is 14.8 Å². The topological polar surface area (TPSA) is 50.8 Å². The van der Waals surface area contributed by atoms with Crippen molar-refractivity contribution >= 4 is 17.2 Å². The van der Waals surface area contributed by atoms with Gasteiger partial charge in [0.05, 0.1) is 26.8 Å². The van der Waals surface area contributed by atoms with E-state index < -0.39 is 0 Å². The van der Waals surface area contributed by atoms with Crippen LogP contribution in [0.15, 0.2) is 42.3 Å². The van der Waals surface area contributed by atoms with Gasteiger partial charge in [-0.05, 0) is 41.1 Å². The van der Waals surface area contributed by atoms with Crippen LogP contribution in [0.5, 0.6) is 11.5 Å². The Hall–Kier alpha value is -2.31. The lowest BCUT2D eigenvalue weighted by atomic mass is 9.91. The molecule has 1 N–H and O–H groups in total. The van der Waals surface area contributed by atoms with Gasteiger partial charge in [0.1, 0.15) is 0 Å². The predicted molar refractivity (Wildman–Crippen MR) is 104 cm³/mol. The highest BCUT2D eigenvalue weighted by Crippen LogP contribution is 2.41. The molecule has 0 unspecified atom stereocenters. The summed E-state index contributed by atoms with van der Waals surface area (Å²) in [7, 11) is 3.30. The van der Waals surface area contributed by atoms with E-state index in [-0.39, 0.29) is 11.9 Å². The van der Waals surface area contributed by atoms with Crippen LogP contribution in [0.1, 0.15) is 22.0 Å². The molecule has 2 heterocycles. The minimum Gasteiger partial charge on any atom is -0.493 e. The maximum Gasteiger partial charge on any atom is 0.234 e. The van der Waals surface area contributed by atoms with Gasteiger partial charge in [-0.15, -0.1) is 17.9 Å². The van der Waals surface area contributed by atoms with Gasteiger partial charge in [0.15, 0.2) is 11.5 Å². The molecule has 0 saturated heterocycles. The fraction of sp³-hybridized carbons (Fsp3) is 0.350. The molecule has 6 heteroatoms. The van der Waals surface area contributed by atoms with Gasteiger partial charge in [0.25, 0.3) is 0 Å². The molecule has 0 fully saturated rings. The first kappa shape index (κ1) is 18.5. The zero-order valence-electron chi connectivity index (χ0n) is 15.2. The number of methoxy groups -OCH3 is 2. The maximum absolute atomic E-state index is 12.3. The zero-order valence-corrected chi connectivity index (χ0v) is 16.0. The molecule has 1 aliphatic heterocycles. The van der Waals surface area contributed by atoms with Crippen molar-refractivity contribution in [2.24, 2.45) is 0 Å². The highest BCUT2D eigenvalue weighted by atomic mass is 32.1. The molecule has 138 valence electrons. The van der Waals surface area contributed by atoms with Gasteiger partial charge in [-0.1, -0.05) is 12.1 Å². The number of carbonyl (C=O) groups is 1. The van der Waals surface area contributed by atoms with E-state index in [1.807, 2.05) is 12.1 Å². The molecule has 0 saturated carbocycles. The van der Waals surface area contributed by atoms with Crippen LogP contribution < -0.4 is 14.8 Å². The SMILES string of the molecule is C=CCNC(=O)CN1CCc2cc(OC)c(OC)cc2[C@@H]1c1cccs1. The molecule has 0 aliphatic carbocycles. The number of hydrogen-bond acceptors (Lipinski definition) is 5. The molecule has 3 rings (SSSR count). The minimum absolute atomic E-state index is 0.00961. The van der Waals surface area contributed by atoms with Gasteiger partial charge in [-0.3, -0.25) is 9.69 Å². The van der Waals surface area contributed by atoms with E-state index >= 15 is 0 Å². The van der Waals surface area contributed by atoms with Crippen LogP contribution in [-0.4, -0.2) is 44.7 Å². The Balaban J connectivity index is 1.97. The van der Waals surface area contributed by atoms with Crippen molar-refractivity contribution in [1.82, 2.24) is 10.2 Å². The Labute approximate surface area is 158 Å². The molecule has 26 heavy (non-hydrogen) atoms. The fourth-order valence-electron chi connectivity index (χ4n) is 3.37. The van der Waals surface area contributed by atoms with Crippen LogP contribution in [0.4, 0.5) is 0 Å². The number of rotatable bonds is 7. The normalized spacial score (nSPS) is 16.6. The molecule has 2 aromatic rings. The van der Waals surface area contributed by atoms with E-state index in [9.17, 15) is 4.79 Å². The molecule has 0 spiro atoms. The van der Waals surface area contributed by atoms with Crippen molar-refractivity contribution in [3.63, 3.8) is 0 Å². The van der Waals surface area contributed by atoms with Crippen LogP contribution in [0.3, 0.4) is 0 Å². The van der Waals surface area contributed by atoms with E-state index in [4.69, 9.17) is 9.47 Å². The monoisotopic (exact) mass is 372 g/mol. The standard InChI is InChI=1S/C20H24N2O3S/c1-4-8-21-19(23)13-22-9-7-14-11-16(24-2)17(25-3)12-15(14)20(22)18-6-5-10-26-18/h4-6,10-12,20H,1,7-9,13H2,2-3H3,(H,21,23)/t20-/m1/s1. The summed E-state index contributed by atoms with van der Waals surface area (Å²) in [6.07, 6.45) is 2.56. The van der Waals surface area contributed by atoms with Gasteiger partial charge in [0.2, 0.25) is 5.91 Å². The summed E-state index contributed by atoms with van der Waals surface area (Å²) in [4.78, 5) is 15.7. The first-order valence-corrected chi connectivity index (χ1v) is 9.45. The van der Waals surface area contributed by atoms with Gasteiger partial charge in [-0.25, -0.2) is 0 Å². The number of amides is 1. The summed E-state index contributed by atoms with van der Waals surface area (Å²) in [5.74, 6) is 1.47. The first-order chi connectivity index (χ1) is 12.7. The number of carbonyl (C=O) groups excluding carboxylic acids is 1. The maximum atomic E-state index is 12.3. The lowest BCUT2D eigenvalue weighted by molar-refractivity contribution is -0.122. The Kier molecular flexibility index (Phi) is 5.96. The molecule has 0 radical (unpaired) electrons. The first-order valence-electron chi connectivity index (χ1n) is 8.57. The van der Waals surface area contributed by atoms with Gasteiger partial charge >= 0.3 is 0 Å². The summed E-state index contributed by atoms with van der Waals surface area (Å²) in [6.45, 7) is 5.30. The number of thiophene rings is 1. The van der Waals surface area contributed by atoms with E-state index in [1.165, 1.54) is 16.0 Å². The number of nitrogens with zero attached hydrogens (tertiary/aromatic N) is 1. The average Bonchev–Trinajstić information content (AvgIpc) is 3.19. The van der Waals surface area contributed by atoms with Crippen LogP contribution in [0, 0.1) is 0 Å². The molecule has 0 bridgehead atoms. The third-order valence-corrected chi connectivity index (χ3v) is 5.50. The van der Waals surface area contributed by atoms with Crippen LogP contribution in [0.25, 0.3) is 0 Å². The van der Waals surface area contributed by atoms with E-state index in [2.05, 4.69) is 34.3 Å². The average molecular weight is 372 g/mol. The molecule has 1 aromatic heterocycles. The van der Waals surface area contributed by atoms with E-state index in [0.29, 0.717) is 18.8 Å². The fourth-order valence-corrected chi connectivity index (χ4v) is 4.25. The zero-order chi connectivity index (χ0) is 18.5. The van der Waals surface area contributed by atoms with Crippen LogP contribution in [0.2, 0.25) is 0 Å². The molecule has 1 aromatic carbocycles. The Morgan fingerprint density at radius 3 is 2.81 bits per heavy atom. The van der Waals surface area contributed by atoms with E-state index in [0.717, 1.165) is 18.7 Å². The minimum atomic E-state index is 0.00961. The van der Waals surface area contributed by atoms with Crippen molar-refractivity contribution in [2.45, 2.75) is 12.5 Å². The summed E-state index contributed by atoms with van der Waals surface area (Å²) in [6, 6.07) is 8.31. The van der Waals surface area contributed by atoms with Crippen molar-refractivity contribution < 1.29 is 14.3 Å². The molecular formula is C20H24N2O3S. The third-order valence-electron chi connectivity index (χ3n) is 4.58. The summed E-state index contributed by atoms with van der Waals surface area (Å²) < 4.78 is 11.0. The second kappa shape index (κ2) is 8.38. The quantitative estimate of drug-likeness (QED) is 0.759. The van der Waals surface area contributed by atoms with Crippen molar-refractivity contribution in [3.05, 3.63) is 58.3 Å². The highest BCUT2D eigenvalue weighted by Gasteiger charge is 2.32. The molecule has 1 aliphatic rings. The molecular weight excluding hydrogens is 348 g/mol. The Morgan fingerprint density at radius 2 is 2.15 bits per heavy atom. The van der Waals surface area contributed by atoms with Crippen LogP contribution >= 0.6 is 11.3 Å². The lowest BCUT2D eigenvalue weighted by Gasteiger charge is -2.36. The van der Waals surface area contributed by atoms with Crippen LogP contribution in [-0.2, 0) is 11.2 Å². The van der Waals surface area contributed by atoms with Crippen molar-refractivity contribution in [2.75, 3.05) is 33.9 Å². The smallest absolute Gasteiger partial charge is 0.234 e. The Bertz CT molecular complexity index is 774. The second-order valence-electron chi connectivity index (χ2n) is 6.14. The summed E-state index contributed by atoms with van der Waals surface area (Å²) >= 11 is 1.70. The number of benzene rings is 1. The summed E-state index contributed by atoms with van der Waals surface area (Å²) in [5, 5.41) is 4.94. The number of fused-ring (bicyclic) bond motifs is 1. The largest absolute Gasteiger partial charge is 0.493 e. The van der Waals surface area contributed by atoms with Gasteiger partial charge in [-0.2, -0.15) is 0 Å². The van der Waals surface area contributed by atoms with Gasteiger partial charge in [0, 0.05) is 18.0 Å². The lowest BCUT2D eigenvalue weighted by Crippen LogP contribution is -2.42. The van der Waals surface area contributed by atoms with Crippen molar-refractivity contribution in [1.29, 1.82) is 0 Å². The number of hydrogen-bond donors (Lipinski definition) is 1. The third kappa shape index (κ3) is 3.76. The van der Waals surface area contributed by atoms with E-state index in [1.54, 1.807) is 31.6 Å². The molecule has 1 atom stereocenters. The highest BCUT2D eigenvalue weighted by molar-refractivity contribution is 7.10.